The SMILES string of the molecule is O=C(O)c1ccc2c(c1)COc1cccc(Br)c1-2. The number of aromatic carboxylic acids is 1. The molecule has 0 aliphatic carbocycles. The standard InChI is InChI=1S/C14H9BrO3/c15-11-2-1-3-12-13(11)10-5-4-8(14(16)17)6-9(10)7-18-12/h1-6H,7H2,(H,16,17). The predicted molar refractivity (Wildman–Crippen MR) is 70.9 cm³/mol. The summed E-state index contributed by atoms with van der Waals surface area (Å²) in [6.07, 6.45) is 0. The summed E-state index contributed by atoms with van der Waals surface area (Å²) in [4.78, 5) is 10.9. The van der Waals surface area contributed by atoms with Crippen LogP contribution in [0.15, 0.2) is 40.9 Å². The number of ether oxygens (including phenoxy) is 1. The third-order valence-corrected chi connectivity index (χ3v) is 3.64. The Kier molecular flexibility index (Phi) is 2.59. The fraction of sp³-hybridized carbons (Fsp3) is 0.0714. The summed E-state index contributed by atoms with van der Waals surface area (Å²) in [5, 5.41) is 8.99. The van der Waals surface area contributed by atoms with Crippen molar-refractivity contribution in [2.75, 3.05) is 0 Å². The lowest BCUT2D eigenvalue weighted by atomic mass is 9.95. The molecule has 0 bridgehead atoms. The van der Waals surface area contributed by atoms with E-state index in [9.17, 15) is 4.79 Å². The highest BCUT2D eigenvalue weighted by Crippen LogP contribution is 2.42. The van der Waals surface area contributed by atoms with Crippen molar-refractivity contribution in [1.29, 1.82) is 0 Å². The number of carbonyl (C=O) groups is 1. The van der Waals surface area contributed by atoms with Gasteiger partial charge in [-0.15, -0.1) is 0 Å². The fourth-order valence-corrected chi connectivity index (χ4v) is 2.69. The zero-order chi connectivity index (χ0) is 12.7. The molecule has 0 fully saturated rings. The van der Waals surface area contributed by atoms with Crippen molar-refractivity contribution in [3.05, 3.63) is 52.0 Å². The fourth-order valence-electron chi connectivity index (χ4n) is 2.13. The minimum absolute atomic E-state index is 0.285. The summed E-state index contributed by atoms with van der Waals surface area (Å²) in [6.45, 7) is 0.403. The van der Waals surface area contributed by atoms with Crippen LogP contribution in [0.5, 0.6) is 5.75 Å². The molecule has 3 nitrogen and oxygen atoms in total. The minimum Gasteiger partial charge on any atom is -0.488 e. The van der Waals surface area contributed by atoms with Gasteiger partial charge in [0.15, 0.2) is 0 Å². The van der Waals surface area contributed by atoms with E-state index in [-0.39, 0.29) is 5.56 Å². The van der Waals surface area contributed by atoms with Gasteiger partial charge in [-0.2, -0.15) is 0 Å². The number of rotatable bonds is 1. The summed E-state index contributed by atoms with van der Waals surface area (Å²) in [5.41, 5.74) is 3.19. The topological polar surface area (TPSA) is 46.5 Å². The molecule has 0 unspecified atom stereocenters. The number of hydrogen-bond donors (Lipinski definition) is 1. The second-order valence-electron chi connectivity index (χ2n) is 4.08. The minimum atomic E-state index is -0.921. The van der Waals surface area contributed by atoms with Gasteiger partial charge in [-0.05, 0) is 35.4 Å². The molecule has 0 aromatic heterocycles. The zero-order valence-corrected chi connectivity index (χ0v) is 10.9. The van der Waals surface area contributed by atoms with Crippen molar-refractivity contribution in [3.8, 4) is 16.9 Å². The largest absolute Gasteiger partial charge is 0.488 e. The summed E-state index contributed by atoms with van der Waals surface area (Å²) >= 11 is 3.50. The van der Waals surface area contributed by atoms with E-state index in [0.717, 1.165) is 26.9 Å². The van der Waals surface area contributed by atoms with Crippen LogP contribution in [-0.4, -0.2) is 11.1 Å². The molecular weight excluding hydrogens is 296 g/mol. The van der Waals surface area contributed by atoms with Gasteiger partial charge in [0.2, 0.25) is 0 Å². The van der Waals surface area contributed by atoms with Crippen molar-refractivity contribution in [1.82, 2.24) is 0 Å². The van der Waals surface area contributed by atoms with Gasteiger partial charge in [-0.25, -0.2) is 4.79 Å². The average molecular weight is 305 g/mol. The molecule has 4 heteroatoms. The van der Waals surface area contributed by atoms with Gasteiger partial charge in [-0.3, -0.25) is 0 Å². The molecule has 1 N–H and O–H groups in total. The van der Waals surface area contributed by atoms with Crippen molar-refractivity contribution >= 4 is 21.9 Å². The second kappa shape index (κ2) is 4.14. The van der Waals surface area contributed by atoms with Crippen LogP contribution in [0.4, 0.5) is 0 Å². The molecule has 18 heavy (non-hydrogen) atoms. The van der Waals surface area contributed by atoms with Gasteiger partial charge in [-0.1, -0.05) is 28.1 Å². The zero-order valence-electron chi connectivity index (χ0n) is 9.31. The quantitative estimate of drug-likeness (QED) is 0.873. The predicted octanol–water partition coefficient (Wildman–Crippen LogP) is 3.71. The molecular formula is C14H9BrO3. The van der Waals surface area contributed by atoms with E-state index in [1.165, 1.54) is 0 Å². The van der Waals surface area contributed by atoms with Crippen molar-refractivity contribution in [2.45, 2.75) is 6.61 Å². The number of fused-ring (bicyclic) bond motifs is 3. The van der Waals surface area contributed by atoms with Crippen molar-refractivity contribution in [3.63, 3.8) is 0 Å². The molecule has 1 heterocycles. The van der Waals surface area contributed by atoms with Crippen molar-refractivity contribution < 1.29 is 14.6 Å². The number of halogens is 1. The Hall–Kier alpha value is -1.81. The molecule has 90 valence electrons. The maximum Gasteiger partial charge on any atom is 0.335 e. The smallest absolute Gasteiger partial charge is 0.335 e. The van der Waals surface area contributed by atoms with E-state index in [1.807, 2.05) is 24.3 Å². The van der Waals surface area contributed by atoms with Gasteiger partial charge < -0.3 is 9.84 Å². The van der Waals surface area contributed by atoms with Crippen LogP contribution in [-0.2, 0) is 6.61 Å². The van der Waals surface area contributed by atoms with Crippen LogP contribution in [0.3, 0.4) is 0 Å². The summed E-state index contributed by atoms with van der Waals surface area (Å²) in [5.74, 6) is -0.101. The third-order valence-electron chi connectivity index (χ3n) is 2.98. The number of hydrogen-bond acceptors (Lipinski definition) is 2. The lowest BCUT2D eigenvalue weighted by molar-refractivity contribution is 0.0696. The lowest BCUT2D eigenvalue weighted by Crippen LogP contribution is -2.08. The van der Waals surface area contributed by atoms with Gasteiger partial charge in [0, 0.05) is 10.0 Å². The van der Waals surface area contributed by atoms with E-state index >= 15 is 0 Å². The van der Waals surface area contributed by atoms with E-state index in [0.29, 0.717) is 6.61 Å². The Balaban J connectivity index is 2.22. The molecule has 2 aromatic carbocycles. The van der Waals surface area contributed by atoms with Gasteiger partial charge >= 0.3 is 5.97 Å². The number of benzene rings is 2. The molecule has 2 aromatic rings. The first-order valence-electron chi connectivity index (χ1n) is 5.45. The average Bonchev–Trinajstić information content (AvgIpc) is 2.37. The second-order valence-corrected chi connectivity index (χ2v) is 4.93. The monoisotopic (exact) mass is 304 g/mol. The van der Waals surface area contributed by atoms with E-state index in [1.54, 1.807) is 12.1 Å². The molecule has 0 radical (unpaired) electrons. The highest BCUT2D eigenvalue weighted by atomic mass is 79.9. The summed E-state index contributed by atoms with van der Waals surface area (Å²) < 4.78 is 6.59. The normalized spacial score (nSPS) is 12.3. The van der Waals surface area contributed by atoms with Crippen molar-refractivity contribution in [2.24, 2.45) is 0 Å². The van der Waals surface area contributed by atoms with Crippen LogP contribution in [0.2, 0.25) is 0 Å². The molecule has 3 rings (SSSR count). The van der Waals surface area contributed by atoms with E-state index in [4.69, 9.17) is 9.84 Å². The van der Waals surface area contributed by atoms with Crippen LogP contribution in [0.1, 0.15) is 15.9 Å². The van der Waals surface area contributed by atoms with Gasteiger partial charge in [0.25, 0.3) is 0 Å². The molecule has 0 amide bonds. The van der Waals surface area contributed by atoms with E-state index in [2.05, 4.69) is 15.9 Å². The van der Waals surface area contributed by atoms with Gasteiger partial charge in [0.1, 0.15) is 12.4 Å². The molecule has 0 saturated carbocycles. The summed E-state index contributed by atoms with van der Waals surface area (Å²) in [7, 11) is 0. The summed E-state index contributed by atoms with van der Waals surface area (Å²) in [6, 6.07) is 10.9. The van der Waals surface area contributed by atoms with Crippen LogP contribution < -0.4 is 4.74 Å². The Morgan fingerprint density at radius 2 is 2.11 bits per heavy atom. The Bertz CT molecular complexity index is 649. The lowest BCUT2D eigenvalue weighted by Gasteiger charge is -2.22. The molecule has 0 atom stereocenters. The van der Waals surface area contributed by atoms with Gasteiger partial charge in [0.05, 0.1) is 5.56 Å². The Labute approximate surface area is 112 Å². The van der Waals surface area contributed by atoms with Crippen LogP contribution in [0.25, 0.3) is 11.1 Å². The molecule has 0 spiro atoms. The highest BCUT2D eigenvalue weighted by Gasteiger charge is 2.20. The Morgan fingerprint density at radius 1 is 1.28 bits per heavy atom. The molecule has 1 aliphatic rings. The van der Waals surface area contributed by atoms with Crippen LogP contribution in [0, 0.1) is 0 Å². The van der Waals surface area contributed by atoms with E-state index < -0.39 is 5.97 Å². The third kappa shape index (κ3) is 1.69. The Morgan fingerprint density at radius 3 is 2.89 bits per heavy atom. The first kappa shape index (κ1) is 11.3. The maximum atomic E-state index is 10.9. The molecule has 0 saturated heterocycles. The highest BCUT2D eigenvalue weighted by molar-refractivity contribution is 9.10. The maximum absolute atomic E-state index is 10.9. The number of carboxylic acid groups (broad SMARTS) is 1. The first-order valence-corrected chi connectivity index (χ1v) is 6.24. The first-order chi connectivity index (χ1) is 8.66. The number of carboxylic acids is 1. The van der Waals surface area contributed by atoms with Crippen LogP contribution >= 0.6 is 15.9 Å². The molecule has 1 aliphatic heterocycles.